The van der Waals surface area contributed by atoms with Crippen LogP contribution in [0.4, 0.5) is 11.4 Å². The van der Waals surface area contributed by atoms with Crippen LogP contribution in [0.15, 0.2) is 48.5 Å². The van der Waals surface area contributed by atoms with Gasteiger partial charge in [-0.1, -0.05) is 30.3 Å². The number of benzene rings is 2. The van der Waals surface area contributed by atoms with Crippen LogP contribution in [0.2, 0.25) is 0 Å². The third-order valence-electron chi connectivity index (χ3n) is 3.08. The predicted octanol–water partition coefficient (Wildman–Crippen LogP) is 2.74. The molecular formula is C15H14N2O5S. The van der Waals surface area contributed by atoms with Crippen molar-refractivity contribution in [3.05, 3.63) is 69.8 Å². The molecule has 0 aliphatic heterocycles. The molecule has 0 amide bonds. The first kappa shape index (κ1) is 16.6. The average molecular weight is 334 g/mol. The molecular weight excluding hydrogens is 320 g/mol. The highest BCUT2D eigenvalue weighted by molar-refractivity contribution is 7.91. The number of ketones is 1. The maximum absolute atomic E-state index is 12.2. The molecule has 2 rings (SSSR count). The predicted molar refractivity (Wildman–Crippen MR) is 85.8 cm³/mol. The Morgan fingerprint density at radius 2 is 1.87 bits per heavy atom. The fraction of sp³-hybridized carbons (Fsp3) is 0.133. The van der Waals surface area contributed by atoms with E-state index in [1.54, 1.807) is 12.1 Å². The van der Waals surface area contributed by atoms with Crippen LogP contribution in [0.25, 0.3) is 0 Å². The van der Waals surface area contributed by atoms with E-state index in [-0.39, 0.29) is 22.7 Å². The molecule has 0 saturated carbocycles. The molecule has 0 bridgehead atoms. The molecule has 0 aliphatic carbocycles. The smallest absolute Gasteiger partial charge is 0.273 e. The fourth-order valence-corrected chi connectivity index (χ4v) is 3.24. The van der Waals surface area contributed by atoms with E-state index in [0.29, 0.717) is 5.56 Å². The van der Waals surface area contributed by atoms with Gasteiger partial charge in [0.15, 0.2) is 5.78 Å². The number of hydrogen-bond acceptors (Lipinski definition) is 5. The monoisotopic (exact) mass is 334 g/mol. The van der Waals surface area contributed by atoms with Gasteiger partial charge in [0.1, 0.15) is 5.75 Å². The number of para-hydroxylation sites is 1. The summed E-state index contributed by atoms with van der Waals surface area (Å²) in [7, 11) is -3.85. The van der Waals surface area contributed by atoms with Crippen LogP contribution < -0.4 is 4.72 Å². The first-order chi connectivity index (χ1) is 10.8. The number of hydrogen-bond donors (Lipinski definition) is 1. The van der Waals surface area contributed by atoms with E-state index in [0.717, 1.165) is 0 Å². The Morgan fingerprint density at radius 3 is 2.52 bits per heavy atom. The number of carbonyl (C=O) groups excluding carboxylic acids is 1. The maximum Gasteiger partial charge on any atom is 0.273 e. The molecule has 0 radical (unpaired) electrons. The molecule has 23 heavy (non-hydrogen) atoms. The van der Waals surface area contributed by atoms with Crippen molar-refractivity contribution in [2.24, 2.45) is 0 Å². The van der Waals surface area contributed by atoms with E-state index in [2.05, 4.69) is 4.72 Å². The van der Waals surface area contributed by atoms with Gasteiger partial charge >= 0.3 is 0 Å². The number of anilines is 1. The number of nitro groups is 1. The van der Waals surface area contributed by atoms with Crippen molar-refractivity contribution in [3.8, 4) is 0 Å². The van der Waals surface area contributed by atoms with Crippen LogP contribution in [0.3, 0.4) is 0 Å². The molecule has 8 heteroatoms. The Hall–Kier alpha value is -2.74. The van der Waals surface area contributed by atoms with Gasteiger partial charge in [0, 0.05) is 22.9 Å². The van der Waals surface area contributed by atoms with Crippen LogP contribution >= 0.6 is 0 Å². The largest absolute Gasteiger partial charge is 0.295 e. The van der Waals surface area contributed by atoms with E-state index in [1.807, 2.05) is 0 Å². The lowest BCUT2D eigenvalue weighted by atomic mass is 10.1. The first-order valence-electron chi connectivity index (χ1n) is 6.62. The highest BCUT2D eigenvalue weighted by Crippen LogP contribution is 2.21. The minimum atomic E-state index is -3.85. The van der Waals surface area contributed by atoms with Crippen LogP contribution in [-0.2, 0) is 15.8 Å². The lowest BCUT2D eigenvalue weighted by Crippen LogP contribution is -2.16. The standard InChI is InChI=1S/C15H14N2O5S/c1-11(18)12-6-4-7-14(9-12)16-23(21,22)10-13-5-2-3-8-15(13)17(19)20/h2-9,16H,10H2,1H3. The Balaban J connectivity index is 2.25. The van der Waals surface area contributed by atoms with Gasteiger partial charge in [-0.05, 0) is 19.1 Å². The third kappa shape index (κ3) is 4.36. The number of Topliss-reactive ketones (excluding diaryl/α,β-unsaturated/α-hetero) is 1. The van der Waals surface area contributed by atoms with Crippen LogP contribution in [0.1, 0.15) is 22.8 Å². The number of carbonyl (C=O) groups is 1. The molecule has 120 valence electrons. The van der Waals surface area contributed by atoms with Gasteiger partial charge in [-0.15, -0.1) is 0 Å². The van der Waals surface area contributed by atoms with Crippen LogP contribution in [0, 0.1) is 10.1 Å². The van der Waals surface area contributed by atoms with Crippen molar-refractivity contribution < 1.29 is 18.1 Å². The van der Waals surface area contributed by atoms with Gasteiger partial charge in [-0.3, -0.25) is 19.6 Å². The highest BCUT2D eigenvalue weighted by atomic mass is 32.2. The SMILES string of the molecule is CC(=O)c1cccc(NS(=O)(=O)Cc2ccccc2[N+](=O)[O-])c1. The zero-order chi connectivity index (χ0) is 17.0. The van der Waals surface area contributed by atoms with E-state index >= 15 is 0 Å². The van der Waals surface area contributed by atoms with Gasteiger partial charge in [-0.25, -0.2) is 8.42 Å². The lowest BCUT2D eigenvalue weighted by Gasteiger charge is -2.09. The topological polar surface area (TPSA) is 106 Å². The Labute approximate surface area is 133 Å². The number of nitro benzene ring substituents is 1. The second kappa shape index (κ2) is 6.57. The molecule has 0 spiro atoms. The van der Waals surface area contributed by atoms with Crippen LogP contribution in [0.5, 0.6) is 0 Å². The van der Waals surface area contributed by atoms with Gasteiger partial charge in [0.2, 0.25) is 10.0 Å². The van der Waals surface area contributed by atoms with Gasteiger partial charge in [-0.2, -0.15) is 0 Å². The molecule has 0 fully saturated rings. The minimum Gasteiger partial charge on any atom is -0.295 e. The summed E-state index contributed by atoms with van der Waals surface area (Å²) < 4.78 is 26.7. The van der Waals surface area contributed by atoms with Crippen molar-refractivity contribution in [1.29, 1.82) is 0 Å². The first-order valence-corrected chi connectivity index (χ1v) is 8.27. The van der Waals surface area contributed by atoms with E-state index in [4.69, 9.17) is 0 Å². The number of rotatable bonds is 6. The van der Waals surface area contributed by atoms with Crippen molar-refractivity contribution in [2.75, 3.05) is 4.72 Å². The molecule has 0 aromatic heterocycles. The summed E-state index contributed by atoms with van der Waals surface area (Å²) in [4.78, 5) is 21.6. The summed E-state index contributed by atoms with van der Waals surface area (Å²) in [6, 6.07) is 11.7. The molecule has 0 heterocycles. The third-order valence-corrected chi connectivity index (χ3v) is 4.31. The summed E-state index contributed by atoms with van der Waals surface area (Å²) >= 11 is 0. The fourth-order valence-electron chi connectivity index (χ4n) is 2.03. The summed E-state index contributed by atoms with van der Waals surface area (Å²) in [5.41, 5.74) is 0.440. The highest BCUT2D eigenvalue weighted by Gasteiger charge is 2.20. The van der Waals surface area contributed by atoms with Crippen molar-refractivity contribution in [2.45, 2.75) is 12.7 Å². The second-order valence-electron chi connectivity index (χ2n) is 4.88. The Kier molecular flexibility index (Phi) is 4.75. The summed E-state index contributed by atoms with van der Waals surface area (Å²) in [5, 5.41) is 10.9. The zero-order valence-corrected chi connectivity index (χ0v) is 13.0. The van der Waals surface area contributed by atoms with E-state index in [9.17, 15) is 23.3 Å². The second-order valence-corrected chi connectivity index (χ2v) is 6.61. The minimum absolute atomic E-state index is 0.0905. The summed E-state index contributed by atoms with van der Waals surface area (Å²) in [6.07, 6.45) is 0. The van der Waals surface area contributed by atoms with E-state index < -0.39 is 20.7 Å². The molecule has 1 N–H and O–H groups in total. The number of sulfonamides is 1. The maximum atomic E-state index is 12.2. The average Bonchev–Trinajstić information content (AvgIpc) is 2.46. The van der Waals surface area contributed by atoms with Crippen molar-refractivity contribution >= 4 is 27.2 Å². The number of nitrogens with one attached hydrogen (secondary N) is 1. The lowest BCUT2D eigenvalue weighted by molar-refractivity contribution is -0.385. The molecule has 0 saturated heterocycles. The quantitative estimate of drug-likeness (QED) is 0.496. The molecule has 7 nitrogen and oxygen atoms in total. The molecule has 2 aromatic rings. The Bertz CT molecular complexity index is 862. The summed E-state index contributed by atoms with van der Waals surface area (Å²) in [5.74, 6) is -0.723. The van der Waals surface area contributed by atoms with Gasteiger partial charge in [0.25, 0.3) is 5.69 Å². The zero-order valence-electron chi connectivity index (χ0n) is 12.2. The van der Waals surface area contributed by atoms with Crippen LogP contribution in [-0.4, -0.2) is 19.1 Å². The molecule has 0 atom stereocenters. The molecule has 0 unspecified atom stereocenters. The van der Waals surface area contributed by atoms with Crippen molar-refractivity contribution in [3.63, 3.8) is 0 Å². The summed E-state index contributed by atoms with van der Waals surface area (Å²) in [6.45, 7) is 1.38. The number of nitrogens with zero attached hydrogens (tertiary/aromatic N) is 1. The molecule has 2 aromatic carbocycles. The normalized spacial score (nSPS) is 11.0. The Morgan fingerprint density at radius 1 is 1.17 bits per heavy atom. The van der Waals surface area contributed by atoms with Gasteiger partial charge < -0.3 is 0 Å². The van der Waals surface area contributed by atoms with E-state index in [1.165, 1.54) is 43.3 Å². The van der Waals surface area contributed by atoms with Crippen molar-refractivity contribution in [1.82, 2.24) is 0 Å². The van der Waals surface area contributed by atoms with Gasteiger partial charge in [0.05, 0.1) is 4.92 Å². The molecule has 0 aliphatic rings.